The summed E-state index contributed by atoms with van der Waals surface area (Å²) in [5, 5.41) is 11.1. The first kappa shape index (κ1) is 12.1. The van der Waals surface area contributed by atoms with Crippen LogP contribution in [-0.2, 0) is 22.9 Å². The molecule has 0 amide bonds. The Morgan fingerprint density at radius 2 is 2.07 bits per heavy atom. The van der Waals surface area contributed by atoms with E-state index in [0.29, 0.717) is 18.9 Å². The third-order valence-corrected chi connectivity index (χ3v) is 2.66. The van der Waals surface area contributed by atoms with Gasteiger partial charge in [0.05, 0.1) is 18.8 Å². The summed E-state index contributed by atoms with van der Waals surface area (Å²) in [4.78, 5) is 1.92. The van der Waals surface area contributed by atoms with Crippen molar-refractivity contribution in [1.29, 1.82) is 0 Å². The maximum Gasteiger partial charge on any atom is 0.165 e. The van der Waals surface area contributed by atoms with Gasteiger partial charge in [0.2, 0.25) is 0 Å². The second-order valence-electron chi connectivity index (χ2n) is 3.69. The SMILES string of the molecule is CN(C)Cc1nnnn1CCS(C)(=O)=O. The Balaban J connectivity index is 2.65. The molecule has 1 aromatic heterocycles. The van der Waals surface area contributed by atoms with E-state index in [4.69, 9.17) is 0 Å². The lowest BCUT2D eigenvalue weighted by molar-refractivity contribution is 0.377. The maximum absolute atomic E-state index is 11.0. The van der Waals surface area contributed by atoms with Gasteiger partial charge in [-0.15, -0.1) is 5.10 Å². The molecule has 8 heteroatoms. The minimum Gasteiger partial charge on any atom is -0.302 e. The lowest BCUT2D eigenvalue weighted by atomic mass is 10.5. The topological polar surface area (TPSA) is 81.0 Å². The second-order valence-corrected chi connectivity index (χ2v) is 5.95. The third kappa shape index (κ3) is 4.34. The number of sulfone groups is 1. The molecule has 0 aliphatic heterocycles. The van der Waals surface area contributed by atoms with E-state index in [-0.39, 0.29) is 5.75 Å². The van der Waals surface area contributed by atoms with E-state index >= 15 is 0 Å². The summed E-state index contributed by atoms with van der Waals surface area (Å²) < 4.78 is 23.5. The van der Waals surface area contributed by atoms with Gasteiger partial charge >= 0.3 is 0 Å². The summed E-state index contributed by atoms with van der Waals surface area (Å²) >= 11 is 0. The van der Waals surface area contributed by atoms with Crippen LogP contribution in [0.4, 0.5) is 0 Å². The van der Waals surface area contributed by atoms with Crippen molar-refractivity contribution in [3.8, 4) is 0 Å². The first-order chi connectivity index (χ1) is 6.88. The molecule has 1 rings (SSSR count). The molecule has 0 aliphatic rings. The predicted octanol–water partition coefficient (Wildman–Crippen LogP) is -1.22. The third-order valence-electron chi connectivity index (χ3n) is 1.74. The molecular weight excluding hydrogens is 218 g/mol. The van der Waals surface area contributed by atoms with Gasteiger partial charge in [-0.3, -0.25) is 0 Å². The van der Waals surface area contributed by atoms with Gasteiger partial charge in [0.1, 0.15) is 9.84 Å². The number of aromatic nitrogens is 4. The van der Waals surface area contributed by atoms with Crippen molar-refractivity contribution in [2.75, 3.05) is 26.1 Å². The molecule has 0 bridgehead atoms. The van der Waals surface area contributed by atoms with Gasteiger partial charge < -0.3 is 4.90 Å². The Kier molecular flexibility index (Phi) is 3.75. The fourth-order valence-electron chi connectivity index (χ4n) is 1.05. The summed E-state index contributed by atoms with van der Waals surface area (Å²) in [6, 6.07) is 0. The Labute approximate surface area is 89.0 Å². The molecule has 0 spiro atoms. The summed E-state index contributed by atoms with van der Waals surface area (Å²) in [7, 11) is 0.821. The molecule has 0 atom stereocenters. The van der Waals surface area contributed by atoms with Gasteiger partial charge in [0.15, 0.2) is 5.82 Å². The standard InChI is InChI=1S/C7H15N5O2S/c1-11(2)6-7-8-9-10-12(7)4-5-15(3,13)14/h4-6H2,1-3H3. The van der Waals surface area contributed by atoms with E-state index in [1.165, 1.54) is 10.9 Å². The first-order valence-corrected chi connectivity index (χ1v) is 6.52. The van der Waals surface area contributed by atoms with Crippen molar-refractivity contribution in [2.45, 2.75) is 13.1 Å². The average Bonchev–Trinajstić information content (AvgIpc) is 2.46. The Bertz CT molecular complexity index is 411. The summed E-state index contributed by atoms with van der Waals surface area (Å²) in [5.41, 5.74) is 0. The van der Waals surface area contributed by atoms with Crippen molar-refractivity contribution in [3.05, 3.63) is 5.82 Å². The molecule has 1 aromatic rings. The van der Waals surface area contributed by atoms with Crippen LogP contribution in [-0.4, -0.2) is 59.6 Å². The summed E-state index contributed by atoms with van der Waals surface area (Å²) in [6.07, 6.45) is 1.20. The van der Waals surface area contributed by atoms with Crippen molar-refractivity contribution in [3.63, 3.8) is 0 Å². The van der Waals surface area contributed by atoms with E-state index in [2.05, 4.69) is 15.5 Å². The quantitative estimate of drug-likeness (QED) is 0.634. The summed E-state index contributed by atoms with van der Waals surface area (Å²) in [5.74, 6) is 0.724. The van der Waals surface area contributed by atoms with Crippen LogP contribution in [0, 0.1) is 0 Å². The highest BCUT2D eigenvalue weighted by Gasteiger charge is 2.09. The Morgan fingerprint density at radius 3 is 2.60 bits per heavy atom. The maximum atomic E-state index is 11.0. The van der Waals surface area contributed by atoms with Crippen LogP contribution in [0.5, 0.6) is 0 Å². The number of nitrogens with zero attached hydrogens (tertiary/aromatic N) is 5. The van der Waals surface area contributed by atoms with Crippen LogP contribution in [0.3, 0.4) is 0 Å². The zero-order chi connectivity index (χ0) is 11.5. The van der Waals surface area contributed by atoms with Crippen LogP contribution >= 0.6 is 0 Å². The van der Waals surface area contributed by atoms with Crippen molar-refractivity contribution >= 4 is 9.84 Å². The lowest BCUT2D eigenvalue weighted by Crippen LogP contribution is -2.19. The number of rotatable bonds is 5. The largest absolute Gasteiger partial charge is 0.302 e. The molecule has 86 valence electrons. The fourth-order valence-corrected chi connectivity index (χ4v) is 1.55. The van der Waals surface area contributed by atoms with Gasteiger partial charge in [-0.05, 0) is 24.5 Å². The van der Waals surface area contributed by atoms with Crippen LogP contribution < -0.4 is 0 Å². The lowest BCUT2D eigenvalue weighted by Gasteiger charge is -2.08. The summed E-state index contributed by atoms with van der Waals surface area (Å²) in [6.45, 7) is 0.895. The smallest absolute Gasteiger partial charge is 0.165 e. The van der Waals surface area contributed by atoms with Crippen molar-refractivity contribution in [1.82, 2.24) is 25.1 Å². The predicted molar refractivity (Wildman–Crippen MR) is 54.9 cm³/mol. The molecule has 0 saturated carbocycles. The van der Waals surface area contributed by atoms with E-state index in [1.807, 2.05) is 19.0 Å². The van der Waals surface area contributed by atoms with Crippen LogP contribution in [0.15, 0.2) is 0 Å². The van der Waals surface area contributed by atoms with Gasteiger partial charge in [-0.2, -0.15) is 0 Å². The molecule has 0 fully saturated rings. The Hall–Kier alpha value is -1.02. The molecule has 7 nitrogen and oxygen atoms in total. The normalized spacial score (nSPS) is 12.3. The molecule has 0 aliphatic carbocycles. The first-order valence-electron chi connectivity index (χ1n) is 4.46. The molecular formula is C7H15N5O2S. The molecule has 1 heterocycles. The average molecular weight is 233 g/mol. The molecule has 0 unspecified atom stereocenters. The monoisotopic (exact) mass is 233 g/mol. The second kappa shape index (κ2) is 4.67. The van der Waals surface area contributed by atoms with Crippen molar-refractivity contribution in [2.24, 2.45) is 0 Å². The minimum atomic E-state index is -2.98. The Morgan fingerprint density at radius 1 is 1.40 bits per heavy atom. The van der Waals surface area contributed by atoms with Gasteiger partial charge in [0.25, 0.3) is 0 Å². The van der Waals surface area contributed by atoms with E-state index in [1.54, 1.807) is 0 Å². The number of hydrogen-bond donors (Lipinski definition) is 0. The van der Waals surface area contributed by atoms with Gasteiger partial charge in [-0.25, -0.2) is 13.1 Å². The highest BCUT2D eigenvalue weighted by atomic mass is 32.2. The number of hydrogen-bond acceptors (Lipinski definition) is 6. The highest BCUT2D eigenvalue weighted by molar-refractivity contribution is 7.90. The molecule has 0 aromatic carbocycles. The molecule has 15 heavy (non-hydrogen) atoms. The van der Waals surface area contributed by atoms with E-state index in [9.17, 15) is 8.42 Å². The van der Waals surface area contributed by atoms with Gasteiger partial charge in [0, 0.05) is 6.26 Å². The van der Waals surface area contributed by atoms with Crippen LogP contribution in [0.25, 0.3) is 0 Å². The zero-order valence-electron chi connectivity index (χ0n) is 9.08. The molecule has 0 N–H and O–H groups in total. The van der Waals surface area contributed by atoms with E-state index in [0.717, 1.165) is 0 Å². The van der Waals surface area contributed by atoms with Crippen molar-refractivity contribution < 1.29 is 8.42 Å². The van der Waals surface area contributed by atoms with Crippen LogP contribution in [0.1, 0.15) is 5.82 Å². The van der Waals surface area contributed by atoms with Crippen LogP contribution in [0.2, 0.25) is 0 Å². The van der Waals surface area contributed by atoms with E-state index < -0.39 is 9.84 Å². The molecule has 0 saturated heterocycles. The number of aryl methyl sites for hydroxylation is 1. The number of tetrazole rings is 1. The zero-order valence-corrected chi connectivity index (χ0v) is 9.90. The fraction of sp³-hybridized carbons (Fsp3) is 0.857. The highest BCUT2D eigenvalue weighted by Crippen LogP contribution is 1.96. The molecule has 0 radical (unpaired) electrons. The minimum absolute atomic E-state index is 0.0540. The van der Waals surface area contributed by atoms with Gasteiger partial charge in [-0.1, -0.05) is 0 Å².